The maximum absolute atomic E-state index is 13.0. The molecule has 1 fully saturated rings. The minimum atomic E-state index is -4.65. The number of alkyl halides is 3. The molecule has 33 heavy (non-hydrogen) atoms. The highest BCUT2D eigenvalue weighted by atomic mass is 35.5. The summed E-state index contributed by atoms with van der Waals surface area (Å²) in [6.45, 7) is 0.931. The zero-order valence-electron chi connectivity index (χ0n) is 17.9. The van der Waals surface area contributed by atoms with Crippen molar-refractivity contribution in [2.75, 3.05) is 25.5 Å². The van der Waals surface area contributed by atoms with Crippen LogP contribution in [0.15, 0.2) is 41.3 Å². The summed E-state index contributed by atoms with van der Waals surface area (Å²) >= 11 is 5.60. The summed E-state index contributed by atoms with van der Waals surface area (Å²) in [5.41, 5.74) is -0.567. The summed E-state index contributed by atoms with van der Waals surface area (Å²) in [5, 5.41) is 1.96. The number of benzene rings is 2. The van der Waals surface area contributed by atoms with E-state index in [4.69, 9.17) is 16.3 Å². The molecule has 0 bridgehead atoms. The number of halogens is 4. The van der Waals surface area contributed by atoms with E-state index in [0.29, 0.717) is 24.4 Å². The van der Waals surface area contributed by atoms with Crippen molar-refractivity contribution < 1.29 is 31.1 Å². The second kappa shape index (κ2) is 10.3. The van der Waals surface area contributed by atoms with Gasteiger partial charge in [-0.05, 0) is 61.2 Å². The summed E-state index contributed by atoms with van der Waals surface area (Å²) in [4.78, 5) is 12.5. The summed E-state index contributed by atoms with van der Waals surface area (Å²) in [6.07, 6.45) is -1.99. The molecule has 2 aromatic carbocycles. The Hall–Kier alpha value is -2.30. The molecule has 0 aliphatic carbocycles. The van der Waals surface area contributed by atoms with E-state index in [0.717, 1.165) is 31.4 Å². The molecule has 1 saturated heterocycles. The monoisotopic (exact) mass is 504 g/mol. The Labute approximate surface area is 195 Å². The lowest BCUT2D eigenvalue weighted by Crippen LogP contribution is -2.35. The number of hydrogen-bond donors (Lipinski definition) is 1. The maximum Gasteiger partial charge on any atom is 0.417 e. The number of aryl methyl sites for hydroxylation is 1. The van der Waals surface area contributed by atoms with E-state index in [1.165, 1.54) is 29.6 Å². The lowest BCUT2D eigenvalue weighted by molar-refractivity contribution is -0.137. The van der Waals surface area contributed by atoms with Crippen LogP contribution in [0.5, 0.6) is 5.75 Å². The van der Waals surface area contributed by atoms with Gasteiger partial charge in [0.25, 0.3) is 0 Å². The molecular weight excluding hydrogens is 481 g/mol. The van der Waals surface area contributed by atoms with Gasteiger partial charge in [0.1, 0.15) is 5.75 Å². The smallest absolute Gasteiger partial charge is 0.417 e. The van der Waals surface area contributed by atoms with Gasteiger partial charge in [-0.15, -0.1) is 0 Å². The fourth-order valence-electron chi connectivity index (χ4n) is 3.66. The molecule has 3 rings (SSSR count). The van der Waals surface area contributed by atoms with Crippen LogP contribution in [0.25, 0.3) is 0 Å². The average molecular weight is 505 g/mol. The fraction of sp³-hybridized carbons (Fsp3) is 0.409. The Bertz CT molecular complexity index is 1120. The van der Waals surface area contributed by atoms with Crippen LogP contribution < -0.4 is 10.1 Å². The van der Waals surface area contributed by atoms with E-state index < -0.39 is 32.7 Å². The van der Waals surface area contributed by atoms with Crippen LogP contribution in [0.3, 0.4) is 0 Å². The van der Waals surface area contributed by atoms with Gasteiger partial charge in [0.15, 0.2) is 0 Å². The topological polar surface area (TPSA) is 75.7 Å². The lowest BCUT2D eigenvalue weighted by atomic mass is 10.1. The van der Waals surface area contributed by atoms with Gasteiger partial charge in [-0.3, -0.25) is 4.79 Å². The Balaban J connectivity index is 1.73. The Morgan fingerprint density at radius 1 is 1.12 bits per heavy atom. The summed E-state index contributed by atoms with van der Waals surface area (Å²) in [6, 6.07) is 7.62. The molecule has 180 valence electrons. The van der Waals surface area contributed by atoms with Crippen LogP contribution in [0.4, 0.5) is 18.9 Å². The molecule has 1 amide bonds. The van der Waals surface area contributed by atoms with Gasteiger partial charge in [-0.25, -0.2) is 8.42 Å². The van der Waals surface area contributed by atoms with Crippen LogP contribution in [-0.2, 0) is 27.4 Å². The molecule has 1 heterocycles. The maximum atomic E-state index is 13.0. The SMILES string of the molecule is COc1ccc(S(=O)(=O)N2CCCCC2)cc1CCC(=O)Nc1ccc(Cl)c(C(F)(F)F)c1. The van der Waals surface area contributed by atoms with Crippen LogP contribution >= 0.6 is 11.6 Å². The van der Waals surface area contributed by atoms with E-state index in [-0.39, 0.29) is 23.4 Å². The fourth-order valence-corrected chi connectivity index (χ4v) is 5.45. The normalized spacial score (nSPS) is 15.3. The van der Waals surface area contributed by atoms with Gasteiger partial charge in [0.05, 0.1) is 22.6 Å². The molecular formula is C22H24ClF3N2O4S. The Morgan fingerprint density at radius 3 is 2.45 bits per heavy atom. The number of piperidine rings is 1. The highest BCUT2D eigenvalue weighted by Gasteiger charge is 2.33. The van der Waals surface area contributed by atoms with E-state index >= 15 is 0 Å². The van der Waals surface area contributed by atoms with Crippen LogP contribution in [-0.4, -0.2) is 38.8 Å². The first-order valence-corrected chi connectivity index (χ1v) is 12.2. The van der Waals surface area contributed by atoms with Gasteiger partial charge in [0, 0.05) is 25.2 Å². The number of ether oxygens (including phenoxy) is 1. The number of anilines is 1. The number of rotatable bonds is 7. The van der Waals surface area contributed by atoms with E-state index in [2.05, 4.69) is 5.32 Å². The molecule has 0 unspecified atom stereocenters. The number of sulfonamides is 1. The first kappa shape index (κ1) is 25.3. The number of nitrogens with zero attached hydrogens (tertiary/aromatic N) is 1. The zero-order chi connectivity index (χ0) is 24.2. The third kappa shape index (κ3) is 6.18. The number of amides is 1. The van der Waals surface area contributed by atoms with Gasteiger partial charge < -0.3 is 10.1 Å². The predicted molar refractivity (Wildman–Crippen MR) is 119 cm³/mol. The van der Waals surface area contributed by atoms with Crippen molar-refractivity contribution in [1.82, 2.24) is 4.31 Å². The summed E-state index contributed by atoms with van der Waals surface area (Å²) in [5.74, 6) is -0.108. The summed E-state index contributed by atoms with van der Waals surface area (Å²) in [7, 11) is -2.23. The minimum absolute atomic E-state index is 0.0369. The Morgan fingerprint density at radius 2 is 1.82 bits per heavy atom. The van der Waals surface area contributed by atoms with Crippen molar-refractivity contribution in [3.05, 3.63) is 52.5 Å². The minimum Gasteiger partial charge on any atom is -0.496 e. The van der Waals surface area contributed by atoms with Crippen molar-refractivity contribution in [2.24, 2.45) is 0 Å². The van der Waals surface area contributed by atoms with Crippen molar-refractivity contribution in [3.63, 3.8) is 0 Å². The van der Waals surface area contributed by atoms with Crippen LogP contribution in [0.2, 0.25) is 5.02 Å². The quantitative estimate of drug-likeness (QED) is 0.568. The van der Waals surface area contributed by atoms with Gasteiger partial charge >= 0.3 is 6.18 Å². The molecule has 0 spiro atoms. The highest BCUT2D eigenvalue weighted by Crippen LogP contribution is 2.36. The molecule has 6 nitrogen and oxygen atoms in total. The van der Waals surface area contributed by atoms with E-state index in [1.807, 2.05) is 0 Å². The first-order valence-electron chi connectivity index (χ1n) is 10.4. The van der Waals surface area contributed by atoms with Gasteiger partial charge in [-0.1, -0.05) is 18.0 Å². The molecule has 1 N–H and O–H groups in total. The molecule has 1 aliphatic heterocycles. The lowest BCUT2D eigenvalue weighted by Gasteiger charge is -2.26. The molecule has 0 atom stereocenters. The standard InChI is InChI=1S/C22H24ClF3N2O4S/c1-32-20-9-7-17(33(30,31)28-11-3-2-4-12-28)13-15(20)5-10-21(29)27-16-6-8-19(23)18(14-16)22(24,25)26/h6-9,13-14H,2-5,10-12H2,1H3,(H,27,29). The van der Waals surface area contributed by atoms with Crippen LogP contribution in [0.1, 0.15) is 36.8 Å². The largest absolute Gasteiger partial charge is 0.496 e. The zero-order valence-corrected chi connectivity index (χ0v) is 19.5. The first-order chi connectivity index (χ1) is 15.5. The predicted octanol–water partition coefficient (Wildman–Crippen LogP) is 5.11. The highest BCUT2D eigenvalue weighted by molar-refractivity contribution is 7.89. The molecule has 2 aromatic rings. The van der Waals surface area contributed by atoms with Crippen molar-refractivity contribution in [3.8, 4) is 5.75 Å². The number of carbonyl (C=O) groups excluding carboxylic acids is 1. The number of hydrogen-bond acceptors (Lipinski definition) is 4. The molecule has 11 heteroatoms. The number of carbonyl (C=O) groups is 1. The Kier molecular flexibility index (Phi) is 7.92. The third-order valence-electron chi connectivity index (χ3n) is 5.38. The van der Waals surface area contributed by atoms with Gasteiger partial charge in [-0.2, -0.15) is 17.5 Å². The molecule has 1 aliphatic rings. The summed E-state index contributed by atoms with van der Waals surface area (Å²) < 4.78 is 71.7. The van der Waals surface area contributed by atoms with Crippen molar-refractivity contribution in [1.29, 1.82) is 0 Å². The van der Waals surface area contributed by atoms with E-state index in [9.17, 15) is 26.4 Å². The molecule has 0 saturated carbocycles. The molecule has 0 aromatic heterocycles. The van der Waals surface area contributed by atoms with Gasteiger partial charge in [0.2, 0.25) is 15.9 Å². The molecule has 0 radical (unpaired) electrons. The third-order valence-corrected chi connectivity index (χ3v) is 7.61. The average Bonchev–Trinajstić information content (AvgIpc) is 2.78. The number of nitrogens with one attached hydrogen (secondary N) is 1. The second-order valence-corrected chi connectivity index (χ2v) is 10.0. The van der Waals surface area contributed by atoms with Crippen LogP contribution in [0, 0.1) is 0 Å². The number of methoxy groups -OCH3 is 1. The van der Waals surface area contributed by atoms with Crippen molar-refractivity contribution in [2.45, 2.75) is 43.2 Å². The second-order valence-electron chi connectivity index (χ2n) is 7.68. The van der Waals surface area contributed by atoms with Crippen molar-refractivity contribution >= 4 is 33.2 Å². The van der Waals surface area contributed by atoms with E-state index in [1.54, 1.807) is 6.07 Å².